The van der Waals surface area contributed by atoms with Crippen molar-refractivity contribution >= 4 is 29.4 Å². The van der Waals surface area contributed by atoms with Crippen LogP contribution in [0.25, 0.3) is 10.9 Å². The second-order valence-corrected chi connectivity index (χ2v) is 4.83. The minimum Gasteiger partial charge on any atom is -0.497 e. The average Bonchev–Trinajstić information content (AvgIpc) is 2.68. The largest absolute Gasteiger partial charge is 0.497 e. The van der Waals surface area contributed by atoms with Gasteiger partial charge in [0.05, 0.1) is 12.7 Å². The zero-order valence-electron chi connectivity index (χ0n) is 11.4. The van der Waals surface area contributed by atoms with Crippen LogP contribution in [-0.4, -0.2) is 29.9 Å². The quantitative estimate of drug-likeness (QED) is 0.842. The SMILES string of the molecule is COc1ccc2c(c1)c(C(=O)NCCS)c(C)n2C. The maximum Gasteiger partial charge on any atom is 0.253 e. The lowest BCUT2D eigenvalue weighted by Crippen LogP contribution is -2.25. The molecule has 2 aromatic rings. The molecule has 1 aromatic carbocycles. The summed E-state index contributed by atoms with van der Waals surface area (Å²) in [7, 11) is 3.58. The summed E-state index contributed by atoms with van der Waals surface area (Å²) in [5, 5.41) is 3.78. The van der Waals surface area contributed by atoms with Crippen LogP contribution < -0.4 is 10.1 Å². The Balaban J connectivity index is 2.58. The fourth-order valence-corrected chi connectivity index (χ4v) is 2.33. The summed E-state index contributed by atoms with van der Waals surface area (Å²) in [5.74, 6) is 1.31. The van der Waals surface area contributed by atoms with Crippen LogP contribution in [0.2, 0.25) is 0 Å². The number of benzene rings is 1. The second kappa shape index (κ2) is 5.57. The number of fused-ring (bicyclic) bond motifs is 1. The van der Waals surface area contributed by atoms with Gasteiger partial charge in [0.2, 0.25) is 0 Å². The molecule has 102 valence electrons. The average molecular weight is 278 g/mol. The van der Waals surface area contributed by atoms with E-state index in [4.69, 9.17) is 4.74 Å². The summed E-state index contributed by atoms with van der Waals surface area (Å²) in [6, 6.07) is 5.77. The van der Waals surface area contributed by atoms with Crippen molar-refractivity contribution in [1.82, 2.24) is 9.88 Å². The molecule has 0 unspecified atom stereocenters. The molecule has 0 radical (unpaired) electrons. The smallest absolute Gasteiger partial charge is 0.253 e. The molecule has 1 amide bonds. The van der Waals surface area contributed by atoms with E-state index in [0.717, 1.165) is 22.3 Å². The van der Waals surface area contributed by atoms with Crippen LogP contribution in [0.15, 0.2) is 18.2 Å². The Kier molecular flexibility index (Phi) is 4.04. The summed E-state index contributed by atoms with van der Waals surface area (Å²) >= 11 is 4.10. The zero-order chi connectivity index (χ0) is 14.0. The Bertz CT molecular complexity index is 619. The number of carbonyl (C=O) groups excluding carboxylic acids is 1. The lowest BCUT2D eigenvalue weighted by Gasteiger charge is -2.04. The van der Waals surface area contributed by atoms with Crippen LogP contribution in [0.5, 0.6) is 5.75 Å². The third kappa shape index (κ3) is 2.42. The standard InChI is InChI=1S/C14H18N2O2S/c1-9-13(14(17)15-6-7-19)11-8-10(18-3)4-5-12(11)16(9)2/h4-5,8,19H,6-7H2,1-3H3,(H,15,17). The first kappa shape index (κ1) is 13.8. The highest BCUT2D eigenvalue weighted by atomic mass is 32.1. The van der Waals surface area contributed by atoms with Crippen LogP contribution in [0.3, 0.4) is 0 Å². The van der Waals surface area contributed by atoms with E-state index < -0.39 is 0 Å². The highest BCUT2D eigenvalue weighted by Gasteiger charge is 2.18. The first-order chi connectivity index (χ1) is 9.10. The predicted molar refractivity (Wildman–Crippen MR) is 80.4 cm³/mol. The number of hydrogen-bond donors (Lipinski definition) is 2. The normalized spacial score (nSPS) is 10.7. The number of ether oxygens (including phenoxy) is 1. The number of amides is 1. The van der Waals surface area contributed by atoms with Crippen molar-refractivity contribution in [2.45, 2.75) is 6.92 Å². The number of thiol groups is 1. The van der Waals surface area contributed by atoms with Crippen molar-refractivity contribution in [3.63, 3.8) is 0 Å². The van der Waals surface area contributed by atoms with Gasteiger partial charge in [0.15, 0.2) is 0 Å². The molecule has 19 heavy (non-hydrogen) atoms. The van der Waals surface area contributed by atoms with Gasteiger partial charge in [0, 0.05) is 35.9 Å². The van der Waals surface area contributed by atoms with Gasteiger partial charge in [-0.15, -0.1) is 0 Å². The molecule has 1 heterocycles. The molecule has 0 fully saturated rings. The Morgan fingerprint density at radius 2 is 2.21 bits per heavy atom. The van der Waals surface area contributed by atoms with Gasteiger partial charge >= 0.3 is 0 Å². The minimum atomic E-state index is -0.0644. The molecule has 0 aliphatic carbocycles. The molecule has 5 heteroatoms. The van der Waals surface area contributed by atoms with Gasteiger partial charge in [0.1, 0.15) is 5.75 Å². The summed E-state index contributed by atoms with van der Waals surface area (Å²) in [6.07, 6.45) is 0. The number of methoxy groups -OCH3 is 1. The number of nitrogens with zero attached hydrogens (tertiary/aromatic N) is 1. The number of hydrogen-bond acceptors (Lipinski definition) is 3. The molecule has 2 rings (SSSR count). The van der Waals surface area contributed by atoms with E-state index in [1.165, 1.54) is 0 Å². The summed E-state index contributed by atoms with van der Waals surface area (Å²) < 4.78 is 7.25. The van der Waals surface area contributed by atoms with Crippen LogP contribution in [0.1, 0.15) is 16.1 Å². The van der Waals surface area contributed by atoms with E-state index in [0.29, 0.717) is 17.9 Å². The van der Waals surface area contributed by atoms with Crippen molar-refractivity contribution in [2.24, 2.45) is 7.05 Å². The monoisotopic (exact) mass is 278 g/mol. The van der Waals surface area contributed by atoms with Gasteiger partial charge in [0.25, 0.3) is 5.91 Å². The number of rotatable bonds is 4. The van der Waals surface area contributed by atoms with Gasteiger partial charge in [-0.2, -0.15) is 12.6 Å². The number of nitrogens with one attached hydrogen (secondary N) is 1. The van der Waals surface area contributed by atoms with E-state index >= 15 is 0 Å². The molecule has 0 atom stereocenters. The lowest BCUT2D eigenvalue weighted by molar-refractivity contribution is 0.0957. The third-order valence-electron chi connectivity index (χ3n) is 3.32. The fraction of sp³-hybridized carbons (Fsp3) is 0.357. The molecule has 0 bridgehead atoms. The zero-order valence-corrected chi connectivity index (χ0v) is 12.3. The predicted octanol–water partition coefficient (Wildman–Crippen LogP) is 2.15. The number of carbonyl (C=O) groups is 1. The maximum atomic E-state index is 12.3. The molecule has 0 aliphatic heterocycles. The van der Waals surface area contributed by atoms with Crippen LogP contribution in [-0.2, 0) is 7.05 Å². The Hall–Kier alpha value is -1.62. The third-order valence-corrected chi connectivity index (χ3v) is 3.55. The van der Waals surface area contributed by atoms with Crippen molar-refractivity contribution in [2.75, 3.05) is 19.4 Å². The number of aromatic nitrogens is 1. The van der Waals surface area contributed by atoms with Gasteiger partial charge in [-0.3, -0.25) is 4.79 Å². The van der Waals surface area contributed by atoms with E-state index in [1.807, 2.05) is 36.7 Å². The molecular weight excluding hydrogens is 260 g/mol. The van der Waals surface area contributed by atoms with Crippen molar-refractivity contribution < 1.29 is 9.53 Å². The summed E-state index contributed by atoms with van der Waals surface area (Å²) in [5.41, 5.74) is 2.67. The van der Waals surface area contributed by atoms with Crippen molar-refractivity contribution in [3.05, 3.63) is 29.5 Å². The minimum absolute atomic E-state index is 0.0644. The first-order valence-corrected chi connectivity index (χ1v) is 6.75. The van der Waals surface area contributed by atoms with Gasteiger partial charge in [-0.1, -0.05) is 0 Å². The topological polar surface area (TPSA) is 43.3 Å². The van der Waals surface area contributed by atoms with Crippen LogP contribution >= 0.6 is 12.6 Å². The second-order valence-electron chi connectivity index (χ2n) is 4.38. The van der Waals surface area contributed by atoms with E-state index in [1.54, 1.807) is 7.11 Å². The molecule has 1 aromatic heterocycles. The number of aryl methyl sites for hydroxylation is 1. The summed E-state index contributed by atoms with van der Waals surface area (Å²) in [6.45, 7) is 2.50. The molecule has 1 N–H and O–H groups in total. The maximum absolute atomic E-state index is 12.3. The van der Waals surface area contributed by atoms with Gasteiger partial charge in [-0.05, 0) is 25.1 Å². The van der Waals surface area contributed by atoms with Crippen LogP contribution in [0.4, 0.5) is 0 Å². The molecule has 0 aliphatic rings. The van der Waals surface area contributed by atoms with Gasteiger partial charge < -0.3 is 14.6 Å². The molecule has 0 saturated heterocycles. The fourth-order valence-electron chi connectivity index (χ4n) is 2.22. The van der Waals surface area contributed by atoms with Crippen molar-refractivity contribution in [1.29, 1.82) is 0 Å². The highest BCUT2D eigenvalue weighted by molar-refractivity contribution is 7.80. The first-order valence-electron chi connectivity index (χ1n) is 6.12. The molecule has 0 saturated carbocycles. The molecule has 0 spiro atoms. The molecule has 4 nitrogen and oxygen atoms in total. The summed E-state index contributed by atoms with van der Waals surface area (Å²) in [4.78, 5) is 12.3. The van der Waals surface area contributed by atoms with E-state index in [-0.39, 0.29) is 5.91 Å². The van der Waals surface area contributed by atoms with Gasteiger partial charge in [-0.25, -0.2) is 0 Å². The lowest BCUT2D eigenvalue weighted by atomic mass is 10.1. The molecular formula is C14H18N2O2S. The Morgan fingerprint density at radius 1 is 1.47 bits per heavy atom. The van der Waals surface area contributed by atoms with Crippen LogP contribution in [0, 0.1) is 6.92 Å². The van der Waals surface area contributed by atoms with Crippen molar-refractivity contribution in [3.8, 4) is 5.75 Å². The van der Waals surface area contributed by atoms with E-state index in [9.17, 15) is 4.79 Å². The Labute approximate surface area is 118 Å². The highest BCUT2D eigenvalue weighted by Crippen LogP contribution is 2.28. The Morgan fingerprint density at radius 3 is 2.84 bits per heavy atom. The van der Waals surface area contributed by atoms with E-state index in [2.05, 4.69) is 17.9 Å².